The van der Waals surface area contributed by atoms with E-state index >= 15 is 0 Å². The van der Waals surface area contributed by atoms with Crippen LogP contribution in [0.25, 0.3) is 33.7 Å². The maximum Gasteiger partial charge on any atom is 0.196 e. The fraction of sp³-hybridized carbons (Fsp3) is 0.0769. The number of aromatic amines is 1. The van der Waals surface area contributed by atoms with Gasteiger partial charge in [0, 0.05) is 16.3 Å². The zero-order valence-corrected chi connectivity index (χ0v) is 20.2. The number of allylic oxidation sites excluding steroid dienone is 1. The Labute approximate surface area is 210 Å². The number of nitrogens with one attached hydrogen (secondary N) is 1. The molecule has 0 saturated carbocycles. The van der Waals surface area contributed by atoms with Gasteiger partial charge in [-0.2, -0.15) is 5.26 Å². The first-order valence-corrected chi connectivity index (χ1v) is 12.1. The predicted octanol–water partition coefficient (Wildman–Crippen LogP) is 6.36. The van der Waals surface area contributed by atoms with Crippen LogP contribution >= 0.6 is 23.4 Å². The number of hydrogen-bond acceptors (Lipinski definition) is 6. The van der Waals surface area contributed by atoms with Crippen LogP contribution in [0.4, 0.5) is 0 Å². The number of para-hydroxylation sites is 2. The number of aryl methyl sites for hydroxylation is 1. The number of nitrogens with zero attached hydrogens (tertiary/aromatic N) is 5. The Morgan fingerprint density at radius 3 is 2.63 bits per heavy atom. The summed E-state index contributed by atoms with van der Waals surface area (Å²) in [5.74, 6) is 0.998. The molecule has 0 saturated heterocycles. The second kappa shape index (κ2) is 9.66. The van der Waals surface area contributed by atoms with Crippen LogP contribution in [0.15, 0.2) is 83.7 Å². The van der Waals surface area contributed by atoms with Crippen molar-refractivity contribution in [1.82, 2.24) is 24.7 Å². The molecule has 0 aliphatic carbocycles. The largest absolute Gasteiger partial charge is 0.510 e. The maximum atomic E-state index is 10.8. The van der Waals surface area contributed by atoms with Crippen LogP contribution in [0.5, 0.6) is 0 Å². The Morgan fingerprint density at radius 1 is 1.09 bits per heavy atom. The summed E-state index contributed by atoms with van der Waals surface area (Å²) in [7, 11) is 0. The van der Waals surface area contributed by atoms with Gasteiger partial charge >= 0.3 is 0 Å². The molecule has 2 heterocycles. The molecule has 2 aromatic heterocycles. The molecule has 5 rings (SSSR count). The molecule has 35 heavy (non-hydrogen) atoms. The fourth-order valence-corrected chi connectivity index (χ4v) is 4.64. The molecule has 172 valence electrons. The van der Waals surface area contributed by atoms with Gasteiger partial charge in [0.25, 0.3) is 0 Å². The number of aliphatic hydroxyl groups is 1. The lowest BCUT2D eigenvalue weighted by molar-refractivity contribution is 0.420. The molecule has 7 nitrogen and oxygen atoms in total. The van der Waals surface area contributed by atoms with E-state index in [2.05, 4.69) is 26.2 Å². The highest BCUT2D eigenvalue weighted by Gasteiger charge is 2.19. The smallest absolute Gasteiger partial charge is 0.196 e. The van der Waals surface area contributed by atoms with Crippen LogP contribution in [0, 0.1) is 18.3 Å². The van der Waals surface area contributed by atoms with E-state index < -0.39 is 0 Å². The first-order valence-electron chi connectivity index (χ1n) is 10.7. The third-order valence-corrected chi connectivity index (χ3v) is 6.55. The quantitative estimate of drug-likeness (QED) is 0.160. The third-order valence-electron chi connectivity index (χ3n) is 5.36. The van der Waals surface area contributed by atoms with Gasteiger partial charge in [0.2, 0.25) is 0 Å². The SMILES string of the molecule is Cc1cccc(-n2c(SC/C(O)=C(\C#N)c3nc4ccccc4[nH]3)nnc2-c2ccc(Cl)cc2)c1. The van der Waals surface area contributed by atoms with Crippen molar-refractivity contribution in [2.24, 2.45) is 0 Å². The van der Waals surface area contributed by atoms with Crippen molar-refractivity contribution in [2.45, 2.75) is 12.1 Å². The van der Waals surface area contributed by atoms with E-state index in [1.807, 2.05) is 72.2 Å². The van der Waals surface area contributed by atoms with E-state index in [0.29, 0.717) is 21.8 Å². The lowest BCUT2D eigenvalue weighted by Gasteiger charge is -2.11. The van der Waals surface area contributed by atoms with E-state index in [0.717, 1.165) is 27.8 Å². The lowest BCUT2D eigenvalue weighted by Crippen LogP contribution is -2.01. The van der Waals surface area contributed by atoms with Crippen molar-refractivity contribution in [3.63, 3.8) is 0 Å². The number of thioether (sulfide) groups is 1. The van der Waals surface area contributed by atoms with Crippen LogP contribution in [-0.4, -0.2) is 35.6 Å². The van der Waals surface area contributed by atoms with E-state index in [1.165, 1.54) is 11.8 Å². The summed E-state index contributed by atoms with van der Waals surface area (Å²) in [6.07, 6.45) is 0. The minimum Gasteiger partial charge on any atom is -0.510 e. The molecule has 0 aliphatic heterocycles. The summed E-state index contributed by atoms with van der Waals surface area (Å²) < 4.78 is 1.93. The van der Waals surface area contributed by atoms with E-state index in [9.17, 15) is 10.4 Å². The van der Waals surface area contributed by atoms with Crippen LogP contribution in [0.2, 0.25) is 5.02 Å². The number of nitriles is 1. The van der Waals surface area contributed by atoms with Gasteiger partial charge in [0.15, 0.2) is 16.8 Å². The number of hydrogen-bond donors (Lipinski definition) is 2. The van der Waals surface area contributed by atoms with Gasteiger partial charge in [-0.1, -0.05) is 47.6 Å². The molecule has 0 bridgehead atoms. The summed E-state index contributed by atoms with van der Waals surface area (Å²) >= 11 is 7.35. The summed E-state index contributed by atoms with van der Waals surface area (Å²) in [5, 5.41) is 30.6. The molecule has 5 aromatic rings. The number of fused-ring (bicyclic) bond motifs is 1. The molecule has 0 unspecified atom stereocenters. The average Bonchev–Trinajstić information content (AvgIpc) is 3.48. The Hall–Kier alpha value is -4.06. The van der Waals surface area contributed by atoms with Gasteiger partial charge in [-0.05, 0) is 61.0 Å². The molecule has 9 heteroatoms. The summed E-state index contributed by atoms with van der Waals surface area (Å²) in [6, 6.07) is 24.9. The van der Waals surface area contributed by atoms with Gasteiger partial charge in [-0.25, -0.2) is 4.98 Å². The molecule has 0 amide bonds. The van der Waals surface area contributed by atoms with Gasteiger partial charge in [0.05, 0.1) is 16.8 Å². The molecule has 0 atom stereocenters. The van der Waals surface area contributed by atoms with Gasteiger partial charge in [0.1, 0.15) is 17.4 Å². The number of aromatic nitrogens is 5. The lowest BCUT2D eigenvalue weighted by atomic mass is 10.2. The van der Waals surface area contributed by atoms with E-state index in [1.54, 1.807) is 12.1 Å². The minimum absolute atomic E-state index is 0.0910. The number of benzene rings is 3. The molecule has 0 spiro atoms. The molecule has 0 radical (unpaired) electrons. The highest BCUT2D eigenvalue weighted by molar-refractivity contribution is 7.99. The number of rotatable bonds is 6. The van der Waals surface area contributed by atoms with Crippen molar-refractivity contribution in [3.05, 3.63) is 95.0 Å². The van der Waals surface area contributed by atoms with Crippen molar-refractivity contribution in [2.75, 3.05) is 5.75 Å². The number of H-pyrrole nitrogens is 1. The second-order valence-electron chi connectivity index (χ2n) is 7.81. The van der Waals surface area contributed by atoms with Gasteiger partial charge in [-0.15, -0.1) is 10.2 Å². The minimum atomic E-state index is -0.0941. The molecule has 3 aromatic carbocycles. The monoisotopic (exact) mass is 498 g/mol. The van der Waals surface area contributed by atoms with Crippen molar-refractivity contribution >= 4 is 40.0 Å². The first-order chi connectivity index (χ1) is 17.0. The zero-order chi connectivity index (χ0) is 24.4. The normalized spacial score (nSPS) is 11.9. The maximum absolute atomic E-state index is 10.8. The first kappa shape index (κ1) is 22.7. The van der Waals surface area contributed by atoms with Crippen LogP contribution < -0.4 is 0 Å². The highest BCUT2D eigenvalue weighted by Crippen LogP contribution is 2.30. The molecule has 0 aliphatic rings. The predicted molar refractivity (Wildman–Crippen MR) is 139 cm³/mol. The number of imidazole rings is 1. The molecular formula is C26H19ClN6OS. The van der Waals surface area contributed by atoms with Gasteiger partial charge < -0.3 is 10.1 Å². The Kier molecular flexibility index (Phi) is 6.27. The van der Waals surface area contributed by atoms with Crippen LogP contribution in [0.1, 0.15) is 11.4 Å². The van der Waals surface area contributed by atoms with Crippen LogP contribution in [0.3, 0.4) is 0 Å². The summed E-state index contributed by atoms with van der Waals surface area (Å²) in [4.78, 5) is 7.53. The van der Waals surface area contributed by atoms with E-state index in [-0.39, 0.29) is 17.1 Å². The molecular weight excluding hydrogens is 480 g/mol. The molecule has 2 N–H and O–H groups in total. The van der Waals surface area contributed by atoms with Crippen molar-refractivity contribution in [1.29, 1.82) is 5.26 Å². The highest BCUT2D eigenvalue weighted by atomic mass is 35.5. The standard InChI is InChI=1S/C26H19ClN6OS/c1-16-5-4-6-19(13-16)33-25(17-9-11-18(27)12-10-17)31-32-26(33)35-15-23(34)20(14-28)24-29-21-7-2-3-8-22(21)30-24/h2-13,34H,15H2,1H3,(H,29,30)/b23-20-. The summed E-state index contributed by atoms with van der Waals surface area (Å²) in [5.41, 5.74) is 4.45. The van der Waals surface area contributed by atoms with Gasteiger partial charge in [-0.3, -0.25) is 4.57 Å². The number of halogens is 1. The topological polar surface area (TPSA) is 103 Å². The van der Waals surface area contributed by atoms with Crippen molar-refractivity contribution in [3.8, 4) is 23.1 Å². The van der Waals surface area contributed by atoms with Crippen LogP contribution in [-0.2, 0) is 0 Å². The Morgan fingerprint density at radius 2 is 1.89 bits per heavy atom. The second-order valence-corrected chi connectivity index (χ2v) is 9.19. The van der Waals surface area contributed by atoms with Crippen molar-refractivity contribution < 1.29 is 5.11 Å². The third kappa shape index (κ3) is 4.64. The Bertz CT molecular complexity index is 1560. The van der Waals surface area contributed by atoms with E-state index in [4.69, 9.17) is 11.6 Å². The average molecular weight is 499 g/mol. The summed E-state index contributed by atoms with van der Waals surface area (Å²) in [6.45, 7) is 2.02. The fourth-order valence-electron chi connectivity index (χ4n) is 3.68. The number of aliphatic hydroxyl groups excluding tert-OH is 1. The zero-order valence-electron chi connectivity index (χ0n) is 18.6. The molecule has 0 fully saturated rings. The Balaban J connectivity index is 1.51.